The van der Waals surface area contributed by atoms with Gasteiger partial charge in [0.1, 0.15) is 6.10 Å². The van der Waals surface area contributed by atoms with Gasteiger partial charge in [0.25, 0.3) is 0 Å². The van der Waals surface area contributed by atoms with Crippen LogP contribution in [0.15, 0.2) is 0 Å². The molecular formula is C9H14O5. The van der Waals surface area contributed by atoms with E-state index in [0.29, 0.717) is 6.61 Å². The lowest BCUT2D eigenvalue weighted by Gasteiger charge is -2.28. The van der Waals surface area contributed by atoms with Crippen molar-refractivity contribution in [2.24, 2.45) is 0 Å². The maximum Gasteiger partial charge on any atom is 0.509 e. The van der Waals surface area contributed by atoms with Crippen LogP contribution in [-0.2, 0) is 18.9 Å². The lowest BCUT2D eigenvalue weighted by atomic mass is 10.0. The van der Waals surface area contributed by atoms with E-state index in [-0.39, 0.29) is 12.2 Å². The Labute approximate surface area is 82.3 Å². The summed E-state index contributed by atoms with van der Waals surface area (Å²) in [4.78, 5) is 11.0. The summed E-state index contributed by atoms with van der Waals surface area (Å²) in [7, 11) is 0. The van der Waals surface area contributed by atoms with Crippen molar-refractivity contribution in [2.75, 3.05) is 6.61 Å². The zero-order chi connectivity index (χ0) is 10.3. The molecule has 0 saturated carbocycles. The van der Waals surface area contributed by atoms with Crippen LogP contribution in [0.3, 0.4) is 0 Å². The van der Waals surface area contributed by atoms with Gasteiger partial charge in [0.05, 0.1) is 12.7 Å². The first kappa shape index (κ1) is 9.73. The summed E-state index contributed by atoms with van der Waals surface area (Å²) in [5, 5.41) is 0. The van der Waals surface area contributed by atoms with Crippen molar-refractivity contribution in [1.82, 2.24) is 0 Å². The van der Waals surface area contributed by atoms with Crippen LogP contribution < -0.4 is 0 Å². The normalized spacial score (nSPS) is 47.6. The number of cyclic esters (lactones) is 2. The van der Waals surface area contributed by atoms with Crippen LogP contribution in [0.2, 0.25) is 0 Å². The minimum Gasteiger partial charge on any atom is -0.427 e. The highest BCUT2D eigenvalue weighted by Crippen LogP contribution is 2.35. The predicted molar refractivity (Wildman–Crippen MR) is 45.7 cm³/mol. The Hall–Kier alpha value is -0.810. The molecule has 0 amide bonds. The summed E-state index contributed by atoms with van der Waals surface area (Å²) < 4.78 is 20.9. The smallest absolute Gasteiger partial charge is 0.427 e. The van der Waals surface area contributed by atoms with E-state index in [0.717, 1.165) is 0 Å². The van der Waals surface area contributed by atoms with Gasteiger partial charge < -0.3 is 18.9 Å². The van der Waals surface area contributed by atoms with Gasteiger partial charge in [-0.2, -0.15) is 0 Å². The van der Waals surface area contributed by atoms with Crippen molar-refractivity contribution in [3.8, 4) is 0 Å². The van der Waals surface area contributed by atoms with E-state index < -0.39 is 18.0 Å². The molecule has 0 aromatic carbocycles. The van der Waals surface area contributed by atoms with E-state index in [9.17, 15) is 4.79 Å². The third-order valence-electron chi connectivity index (χ3n) is 2.69. The Bertz CT molecular complexity index is 254. The van der Waals surface area contributed by atoms with E-state index in [2.05, 4.69) is 0 Å². The highest BCUT2D eigenvalue weighted by Gasteiger charge is 2.54. The van der Waals surface area contributed by atoms with Crippen LogP contribution in [-0.4, -0.2) is 36.9 Å². The van der Waals surface area contributed by atoms with Crippen LogP contribution in [0.4, 0.5) is 4.79 Å². The molecule has 2 aliphatic heterocycles. The van der Waals surface area contributed by atoms with Crippen LogP contribution in [0.25, 0.3) is 0 Å². The molecule has 80 valence electrons. The largest absolute Gasteiger partial charge is 0.509 e. The van der Waals surface area contributed by atoms with Gasteiger partial charge in [-0.1, -0.05) is 0 Å². The predicted octanol–water partition coefficient (Wildman–Crippen LogP) is 1.06. The molecular weight excluding hydrogens is 188 g/mol. The fraction of sp³-hybridized carbons (Fsp3) is 0.889. The highest BCUT2D eigenvalue weighted by molar-refractivity contribution is 5.63. The van der Waals surface area contributed by atoms with Gasteiger partial charge in [0, 0.05) is 0 Å². The lowest BCUT2D eigenvalue weighted by Crippen LogP contribution is -2.47. The molecule has 5 heteroatoms. The molecule has 2 rings (SSSR count). The van der Waals surface area contributed by atoms with Crippen LogP contribution >= 0.6 is 0 Å². The summed E-state index contributed by atoms with van der Waals surface area (Å²) in [5.41, 5.74) is -0.832. The average Bonchev–Trinajstić information content (AvgIpc) is 2.59. The Kier molecular flexibility index (Phi) is 2.16. The molecule has 4 atom stereocenters. The van der Waals surface area contributed by atoms with Gasteiger partial charge in [-0.25, -0.2) is 4.79 Å². The quantitative estimate of drug-likeness (QED) is 0.595. The molecule has 5 nitrogen and oxygen atoms in total. The van der Waals surface area contributed by atoms with Crippen LogP contribution in [0.5, 0.6) is 0 Å². The van der Waals surface area contributed by atoms with Crippen molar-refractivity contribution in [1.29, 1.82) is 0 Å². The molecule has 2 saturated heterocycles. The van der Waals surface area contributed by atoms with E-state index >= 15 is 0 Å². The van der Waals surface area contributed by atoms with E-state index in [1.54, 1.807) is 13.8 Å². The summed E-state index contributed by atoms with van der Waals surface area (Å²) >= 11 is 0. The number of carbonyl (C=O) groups is 1. The summed E-state index contributed by atoms with van der Waals surface area (Å²) in [5.74, 6) is 0. The van der Waals surface area contributed by atoms with Gasteiger partial charge >= 0.3 is 6.16 Å². The van der Waals surface area contributed by atoms with Crippen molar-refractivity contribution in [3.05, 3.63) is 0 Å². The second kappa shape index (κ2) is 3.10. The minimum atomic E-state index is -0.832. The van der Waals surface area contributed by atoms with E-state index in [1.165, 1.54) is 0 Å². The molecule has 0 radical (unpaired) electrons. The lowest BCUT2D eigenvalue weighted by molar-refractivity contribution is -0.177. The van der Waals surface area contributed by atoms with E-state index in [1.807, 2.05) is 6.92 Å². The van der Waals surface area contributed by atoms with Gasteiger partial charge in [-0.3, -0.25) is 0 Å². The Morgan fingerprint density at radius 2 is 2.14 bits per heavy atom. The van der Waals surface area contributed by atoms with Crippen molar-refractivity contribution in [3.63, 3.8) is 0 Å². The zero-order valence-corrected chi connectivity index (χ0v) is 8.48. The number of hydrogen-bond donors (Lipinski definition) is 0. The molecule has 2 aliphatic rings. The second-order valence-corrected chi connectivity index (χ2v) is 3.91. The molecule has 0 spiro atoms. The second-order valence-electron chi connectivity index (χ2n) is 3.91. The van der Waals surface area contributed by atoms with Gasteiger partial charge in [0.2, 0.25) is 6.29 Å². The summed E-state index contributed by atoms with van der Waals surface area (Å²) in [6, 6.07) is 0. The third kappa shape index (κ3) is 1.36. The number of ether oxygens (including phenoxy) is 4. The summed E-state index contributed by atoms with van der Waals surface area (Å²) in [6.07, 6.45) is -1.51. The van der Waals surface area contributed by atoms with Crippen LogP contribution in [0.1, 0.15) is 20.8 Å². The number of carbonyl (C=O) groups excluding carboxylic acids is 1. The topological polar surface area (TPSA) is 54.0 Å². The molecule has 2 heterocycles. The Morgan fingerprint density at radius 1 is 1.43 bits per heavy atom. The average molecular weight is 202 g/mol. The monoisotopic (exact) mass is 202 g/mol. The van der Waals surface area contributed by atoms with E-state index in [4.69, 9.17) is 18.9 Å². The molecule has 0 aromatic heterocycles. The minimum absolute atomic E-state index is 0.0309. The zero-order valence-electron chi connectivity index (χ0n) is 8.48. The first-order chi connectivity index (χ1) is 6.52. The molecule has 14 heavy (non-hydrogen) atoms. The SMILES string of the molecule is CC1COC(C2(C)OC(=O)OC2C)O1. The first-order valence-electron chi connectivity index (χ1n) is 4.69. The number of hydrogen-bond acceptors (Lipinski definition) is 5. The van der Waals surface area contributed by atoms with Gasteiger partial charge in [-0.15, -0.1) is 0 Å². The molecule has 0 aromatic rings. The molecule has 0 aliphatic carbocycles. The maximum absolute atomic E-state index is 11.0. The standard InChI is InChI=1S/C9H14O5/c1-5-4-11-7(12-5)9(3)6(2)13-8(10)14-9/h5-7H,4H2,1-3H3. The molecule has 0 N–H and O–H groups in total. The summed E-state index contributed by atoms with van der Waals surface area (Å²) in [6.45, 7) is 5.95. The van der Waals surface area contributed by atoms with Crippen LogP contribution in [0, 0.1) is 0 Å². The highest BCUT2D eigenvalue weighted by atomic mass is 16.8. The Morgan fingerprint density at radius 3 is 2.57 bits per heavy atom. The fourth-order valence-corrected chi connectivity index (χ4v) is 1.60. The first-order valence-corrected chi connectivity index (χ1v) is 4.69. The number of rotatable bonds is 1. The molecule has 4 unspecified atom stereocenters. The third-order valence-corrected chi connectivity index (χ3v) is 2.69. The molecule has 0 bridgehead atoms. The molecule has 2 fully saturated rings. The Balaban J connectivity index is 2.12. The maximum atomic E-state index is 11.0. The van der Waals surface area contributed by atoms with Crippen molar-refractivity contribution >= 4 is 6.16 Å². The fourth-order valence-electron chi connectivity index (χ4n) is 1.60. The van der Waals surface area contributed by atoms with Gasteiger partial charge in [0.15, 0.2) is 5.60 Å². The van der Waals surface area contributed by atoms with Crippen molar-refractivity contribution < 1.29 is 23.7 Å². The van der Waals surface area contributed by atoms with Crippen molar-refractivity contribution in [2.45, 2.75) is 44.9 Å². The van der Waals surface area contributed by atoms with Gasteiger partial charge in [-0.05, 0) is 20.8 Å².